The molecule has 0 spiro atoms. The Balaban J connectivity index is 4.01. The van der Waals surface area contributed by atoms with Crippen LogP contribution in [0, 0.1) is 0 Å². The molecule has 0 fully saturated rings. The smallest absolute Gasteiger partial charge is 0.306 e. The molecule has 76 heavy (non-hydrogen) atoms. The summed E-state index contributed by atoms with van der Waals surface area (Å²) < 4.78 is 16.9. The van der Waals surface area contributed by atoms with Gasteiger partial charge in [-0.25, -0.2) is 0 Å². The standard InChI is InChI=1S/C70H136O6/c1-4-7-10-13-16-19-21-23-25-27-29-31-32-33-34-35-36-37-38-40-41-43-45-47-49-51-54-57-60-63-69(72)75-66-67(65-74-68(71)62-59-56-53-18-15-12-9-6-3)76-70(73)64-61-58-55-52-50-48-46-44-42-39-30-28-26-24-22-20-17-14-11-8-5-2/h67H,4-66H2,1-3H3. The molecule has 1 atom stereocenters. The predicted octanol–water partition coefficient (Wildman–Crippen LogP) is 23.8. The maximum absolute atomic E-state index is 12.9. The number of esters is 3. The highest BCUT2D eigenvalue weighted by Gasteiger charge is 2.19. The molecular formula is C70H136O6. The SMILES string of the molecule is CCCCCCCCCCCCCCCCCCCCCCCCCCCCCCCC(=O)OCC(COC(=O)CCCCCCCCCC)OC(=O)CCCCCCCCCCCCCCCCCCCCCCC. The lowest BCUT2D eigenvalue weighted by molar-refractivity contribution is -0.167. The molecule has 0 aliphatic heterocycles. The number of hydrogen-bond acceptors (Lipinski definition) is 6. The lowest BCUT2D eigenvalue weighted by Crippen LogP contribution is -2.30. The van der Waals surface area contributed by atoms with Gasteiger partial charge in [-0.05, 0) is 19.3 Å². The number of hydrogen-bond donors (Lipinski definition) is 0. The van der Waals surface area contributed by atoms with Gasteiger partial charge in [0.05, 0.1) is 0 Å². The van der Waals surface area contributed by atoms with Crippen molar-refractivity contribution in [3.8, 4) is 0 Å². The summed E-state index contributed by atoms with van der Waals surface area (Å²) in [4.78, 5) is 38.2. The van der Waals surface area contributed by atoms with Crippen molar-refractivity contribution in [2.45, 2.75) is 419 Å². The van der Waals surface area contributed by atoms with Crippen LogP contribution in [0.4, 0.5) is 0 Å². The van der Waals surface area contributed by atoms with E-state index in [4.69, 9.17) is 14.2 Å². The topological polar surface area (TPSA) is 78.9 Å². The van der Waals surface area contributed by atoms with Gasteiger partial charge in [0.15, 0.2) is 6.10 Å². The summed E-state index contributed by atoms with van der Waals surface area (Å²) in [6, 6.07) is 0. The Morgan fingerprint density at radius 1 is 0.211 bits per heavy atom. The molecule has 6 heteroatoms. The lowest BCUT2D eigenvalue weighted by atomic mass is 10.0. The fraction of sp³-hybridized carbons (Fsp3) is 0.957. The van der Waals surface area contributed by atoms with Crippen LogP contribution in [0.25, 0.3) is 0 Å². The van der Waals surface area contributed by atoms with Crippen molar-refractivity contribution in [2.75, 3.05) is 13.2 Å². The fourth-order valence-electron chi connectivity index (χ4n) is 11.1. The number of rotatable bonds is 66. The van der Waals surface area contributed by atoms with E-state index in [9.17, 15) is 14.4 Å². The van der Waals surface area contributed by atoms with Crippen LogP contribution in [0.15, 0.2) is 0 Å². The third-order valence-corrected chi connectivity index (χ3v) is 16.4. The third-order valence-electron chi connectivity index (χ3n) is 16.4. The second kappa shape index (κ2) is 65.9. The van der Waals surface area contributed by atoms with Crippen LogP contribution >= 0.6 is 0 Å². The summed E-state index contributed by atoms with van der Waals surface area (Å²) in [5, 5.41) is 0. The molecule has 0 N–H and O–H groups in total. The number of ether oxygens (including phenoxy) is 3. The van der Waals surface area contributed by atoms with Gasteiger partial charge < -0.3 is 14.2 Å². The van der Waals surface area contributed by atoms with Crippen LogP contribution in [0.5, 0.6) is 0 Å². The van der Waals surface area contributed by atoms with Crippen LogP contribution in [-0.4, -0.2) is 37.2 Å². The zero-order valence-electron chi connectivity index (χ0n) is 52.1. The van der Waals surface area contributed by atoms with Gasteiger partial charge in [-0.2, -0.15) is 0 Å². The molecule has 452 valence electrons. The Morgan fingerprint density at radius 2 is 0.355 bits per heavy atom. The molecule has 0 radical (unpaired) electrons. The fourth-order valence-corrected chi connectivity index (χ4v) is 11.1. The van der Waals surface area contributed by atoms with E-state index in [-0.39, 0.29) is 31.1 Å². The van der Waals surface area contributed by atoms with Crippen molar-refractivity contribution in [3.05, 3.63) is 0 Å². The molecule has 0 aromatic carbocycles. The molecule has 0 aromatic rings. The normalized spacial score (nSPS) is 11.9. The molecule has 0 amide bonds. The van der Waals surface area contributed by atoms with E-state index in [1.165, 1.54) is 315 Å². The highest BCUT2D eigenvalue weighted by atomic mass is 16.6. The van der Waals surface area contributed by atoms with Gasteiger partial charge in [0.1, 0.15) is 13.2 Å². The summed E-state index contributed by atoms with van der Waals surface area (Å²) in [5.74, 6) is -0.830. The van der Waals surface area contributed by atoms with Gasteiger partial charge in [-0.15, -0.1) is 0 Å². The first kappa shape index (κ1) is 74.4. The van der Waals surface area contributed by atoms with Gasteiger partial charge >= 0.3 is 17.9 Å². The summed E-state index contributed by atoms with van der Waals surface area (Å²) in [6.45, 7) is 6.70. The van der Waals surface area contributed by atoms with E-state index in [2.05, 4.69) is 20.8 Å². The van der Waals surface area contributed by atoms with E-state index in [1.54, 1.807) is 0 Å². The van der Waals surface area contributed by atoms with Crippen LogP contribution in [0.2, 0.25) is 0 Å². The summed E-state index contributed by atoms with van der Waals surface area (Å²) in [6.07, 6.45) is 77.3. The Bertz CT molecular complexity index is 1140. The molecule has 6 nitrogen and oxygen atoms in total. The second-order valence-electron chi connectivity index (χ2n) is 24.2. The zero-order chi connectivity index (χ0) is 55.0. The highest BCUT2D eigenvalue weighted by Crippen LogP contribution is 2.19. The Hall–Kier alpha value is -1.59. The van der Waals surface area contributed by atoms with Crippen LogP contribution in [-0.2, 0) is 28.6 Å². The molecular weight excluding hydrogens is 937 g/mol. The van der Waals surface area contributed by atoms with E-state index >= 15 is 0 Å². The number of carbonyl (C=O) groups excluding carboxylic acids is 3. The van der Waals surface area contributed by atoms with Crippen molar-refractivity contribution in [1.29, 1.82) is 0 Å². The van der Waals surface area contributed by atoms with E-state index in [1.807, 2.05) is 0 Å². The first-order valence-corrected chi connectivity index (χ1v) is 35.0. The van der Waals surface area contributed by atoms with Crippen molar-refractivity contribution in [3.63, 3.8) is 0 Å². The largest absolute Gasteiger partial charge is 0.462 e. The first-order valence-electron chi connectivity index (χ1n) is 35.0. The van der Waals surface area contributed by atoms with Crippen LogP contribution in [0.1, 0.15) is 412 Å². The van der Waals surface area contributed by atoms with Gasteiger partial charge in [-0.1, -0.05) is 374 Å². The van der Waals surface area contributed by atoms with Crippen molar-refractivity contribution in [1.82, 2.24) is 0 Å². The summed E-state index contributed by atoms with van der Waals surface area (Å²) in [7, 11) is 0. The molecule has 0 saturated carbocycles. The quantitative estimate of drug-likeness (QED) is 0.0343. The van der Waals surface area contributed by atoms with E-state index in [0.29, 0.717) is 19.3 Å². The summed E-state index contributed by atoms with van der Waals surface area (Å²) >= 11 is 0. The average molecular weight is 1070 g/mol. The third kappa shape index (κ3) is 63.2. The minimum atomic E-state index is -0.762. The lowest BCUT2D eigenvalue weighted by Gasteiger charge is -2.18. The van der Waals surface area contributed by atoms with Gasteiger partial charge in [0, 0.05) is 19.3 Å². The predicted molar refractivity (Wildman–Crippen MR) is 330 cm³/mol. The Labute approximate surface area is 476 Å². The Kier molecular flexibility index (Phi) is 64.5. The van der Waals surface area contributed by atoms with Crippen molar-refractivity contribution in [2.24, 2.45) is 0 Å². The van der Waals surface area contributed by atoms with Gasteiger partial charge in [0.25, 0.3) is 0 Å². The van der Waals surface area contributed by atoms with Gasteiger partial charge in [0.2, 0.25) is 0 Å². The molecule has 1 unspecified atom stereocenters. The highest BCUT2D eigenvalue weighted by molar-refractivity contribution is 5.71. The number of unbranched alkanes of at least 4 members (excludes halogenated alkanes) is 55. The molecule has 0 saturated heterocycles. The summed E-state index contributed by atoms with van der Waals surface area (Å²) in [5.41, 5.74) is 0. The van der Waals surface area contributed by atoms with Crippen LogP contribution < -0.4 is 0 Å². The van der Waals surface area contributed by atoms with E-state index < -0.39 is 6.10 Å². The molecule has 0 rings (SSSR count). The molecule has 0 aliphatic carbocycles. The molecule has 0 bridgehead atoms. The maximum atomic E-state index is 12.9. The second-order valence-corrected chi connectivity index (χ2v) is 24.2. The van der Waals surface area contributed by atoms with Crippen LogP contribution in [0.3, 0.4) is 0 Å². The van der Waals surface area contributed by atoms with Gasteiger partial charge in [-0.3, -0.25) is 14.4 Å². The van der Waals surface area contributed by atoms with E-state index in [0.717, 1.165) is 57.8 Å². The van der Waals surface area contributed by atoms with Crippen molar-refractivity contribution < 1.29 is 28.6 Å². The first-order chi connectivity index (χ1) is 37.5. The molecule has 0 aromatic heterocycles. The van der Waals surface area contributed by atoms with Crippen molar-refractivity contribution >= 4 is 17.9 Å². The number of carbonyl (C=O) groups is 3. The minimum absolute atomic E-state index is 0.0610. The maximum Gasteiger partial charge on any atom is 0.306 e. The average Bonchev–Trinajstić information content (AvgIpc) is 3.42. The minimum Gasteiger partial charge on any atom is -0.462 e. The Morgan fingerprint density at radius 3 is 0.526 bits per heavy atom. The molecule has 0 heterocycles. The molecule has 0 aliphatic rings. The monoisotopic (exact) mass is 1070 g/mol. The zero-order valence-corrected chi connectivity index (χ0v) is 52.1.